The van der Waals surface area contributed by atoms with Gasteiger partial charge in [0.1, 0.15) is 5.75 Å². The Labute approximate surface area is 145 Å². The van der Waals surface area contributed by atoms with Crippen LogP contribution in [-0.2, 0) is 6.42 Å². The van der Waals surface area contributed by atoms with Gasteiger partial charge in [-0.05, 0) is 42.3 Å². The van der Waals surface area contributed by atoms with Crippen LogP contribution in [0.2, 0.25) is 5.02 Å². The molecule has 2 amide bonds. The molecule has 0 spiro atoms. The number of amides is 2. The van der Waals surface area contributed by atoms with Crippen molar-refractivity contribution < 1.29 is 9.53 Å². The maximum absolute atomic E-state index is 11.7. The van der Waals surface area contributed by atoms with Crippen LogP contribution in [0.1, 0.15) is 5.56 Å². The largest absolute Gasteiger partial charge is 0.473 e. The third-order valence-corrected chi connectivity index (χ3v) is 3.89. The van der Waals surface area contributed by atoms with Gasteiger partial charge in [0.2, 0.25) is 0 Å². The van der Waals surface area contributed by atoms with Gasteiger partial charge in [0.25, 0.3) is 0 Å². The molecule has 1 heterocycles. The molecule has 3 aromatic rings. The summed E-state index contributed by atoms with van der Waals surface area (Å²) in [5.41, 5.74) is 2.29. The van der Waals surface area contributed by atoms with Crippen LogP contribution in [0.25, 0.3) is 10.9 Å². The molecule has 3 rings (SSSR count). The summed E-state index contributed by atoms with van der Waals surface area (Å²) in [7, 11) is 0. The zero-order valence-corrected chi connectivity index (χ0v) is 13.8. The topological polar surface area (TPSA) is 66.2 Å². The number of aromatic nitrogens is 1. The van der Waals surface area contributed by atoms with Crippen molar-refractivity contribution in [2.45, 2.75) is 6.42 Å². The van der Waals surface area contributed by atoms with Crippen LogP contribution in [0, 0.1) is 0 Å². The van der Waals surface area contributed by atoms with E-state index in [2.05, 4.69) is 21.7 Å². The average molecular weight is 344 g/mol. The number of aromatic amines is 1. The monoisotopic (exact) mass is 343 g/mol. The van der Waals surface area contributed by atoms with Gasteiger partial charge in [0.05, 0.1) is 0 Å². The van der Waals surface area contributed by atoms with E-state index in [0.717, 1.165) is 11.9 Å². The van der Waals surface area contributed by atoms with E-state index in [-0.39, 0.29) is 12.8 Å². The van der Waals surface area contributed by atoms with Crippen molar-refractivity contribution in [2.24, 2.45) is 0 Å². The lowest BCUT2D eigenvalue weighted by Gasteiger charge is -2.09. The fraction of sp³-hybridized carbons (Fsp3) is 0.167. The average Bonchev–Trinajstić information content (AvgIpc) is 3.00. The third-order valence-electron chi connectivity index (χ3n) is 3.64. The number of H-pyrrole nitrogens is 1. The number of nitrogens with one attached hydrogen (secondary N) is 3. The van der Waals surface area contributed by atoms with Crippen molar-refractivity contribution in [3.8, 4) is 5.75 Å². The summed E-state index contributed by atoms with van der Waals surface area (Å²) in [6.07, 6.45) is 2.74. The summed E-state index contributed by atoms with van der Waals surface area (Å²) in [5.74, 6) is 0.651. The smallest absolute Gasteiger partial charge is 0.317 e. The number of rotatable bonds is 6. The molecule has 124 valence electrons. The minimum Gasteiger partial charge on any atom is -0.473 e. The van der Waals surface area contributed by atoms with Gasteiger partial charge < -0.3 is 20.4 Å². The van der Waals surface area contributed by atoms with Crippen LogP contribution in [-0.4, -0.2) is 24.3 Å². The second-order valence-corrected chi connectivity index (χ2v) is 5.72. The Balaban J connectivity index is 1.39. The lowest BCUT2D eigenvalue weighted by atomic mass is 10.1. The summed E-state index contributed by atoms with van der Waals surface area (Å²) < 4.78 is 5.41. The molecule has 3 N–H and O–H groups in total. The molecule has 1 aromatic heterocycles. The molecular weight excluding hydrogens is 326 g/mol. The van der Waals surface area contributed by atoms with E-state index in [1.807, 2.05) is 24.4 Å². The number of hydrogen-bond acceptors (Lipinski definition) is 2. The molecule has 0 aliphatic heterocycles. The van der Waals surface area contributed by atoms with E-state index in [9.17, 15) is 4.79 Å². The molecule has 0 aliphatic rings. The Bertz CT molecular complexity index is 815. The summed E-state index contributed by atoms with van der Waals surface area (Å²) in [6.45, 7) is 0.648. The van der Waals surface area contributed by atoms with E-state index in [4.69, 9.17) is 16.3 Å². The zero-order valence-electron chi connectivity index (χ0n) is 13.0. The van der Waals surface area contributed by atoms with E-state index in [1.165, 1.54) is 10.9 Å². The van der Waals surface area contributed by atoms with Crippen molar-refractivity contribution in [2.75, 3.05) is 13.3 Å². The third kappa shape index (κ3) is 4.20. The van der Waals surface area contributed by atoms with Crippen molar-refractivity contribution >= 4 is 28.5 Å². The van der Waals surface area contributed by atoms with Gasteiger partial charge in [-0.25, -0.2) is 4.79 Å². The maximum Gasteiger partial charge on any atom is 0.317 e. The minimum atomic E-state index is -0.260. The first-order chi connectivity index (χ1) is 11.7. The second kappa shape index (κ2) is 7.75. The highest BCUT2D eigenvalue weighted by atomic mass is 35.5. The highest BCUT2D eigenvalue weighted by molar-refractivity contribution is 6.30. The summed E-state index contributed by atoms with van der Waals surface area (Å²) in [5, 5.41) is 7.30. The number of fused-ring (bicyclic) bond motifs is 1. The standard InChI is InChI=1S/C18H18ClN3O2/c19-14-5-7-15(8-6-14)24-12-22-18(23)20-10-9-13-11-21-17-4-2-1-3-16(13)17/h1-8,11,21H,9-10,12H2,(H2,20,22,23). The van der Waals surface area contributed by atoms with E-state index >= 15 is 0 Å². The first-order valence-corrected chi connectivity index (χ1v) is 8.05. The van der Waals surface area contributed by atoms with Crippen molar-refractivity contribution in [1.29, 1.82) is 0 Å². The van der Waals surface area contributed by atoms with Crippen LogP contribution in [0.15, 0.2) is 54.7 Å². The fourth-order valence-electron chi connectivity index (χ4n) is 2.43. The fourth-order valence-corrected chi connectivity index (χ4v) is 2.55. The summed E-state index contributed by atoms with van der Waals surface area (Å²) in [4.78, 5) is 15.0. The SMILES string of the molecule is O=C(NCCc1c[nH]c2ccccc12)NCOc1ccc(Cl)cc1. The molecule has 0 aliphatic carbocycles. The van der Waals surface area contributed by atoms with Gasteiger partial charge in [0, 0.05) is 28.7 Å². The number of hydrogen-bond donors (Lipinski definition) is 3. The lowest BCUT2D eigenvalue weighted by Crippen LogP contribution is -2.38. The highest BCUT2D eigenvalue weighted by Gasteiger charge is 2.04. The van der Waals surface area contributed by atoms with E-state index in [1.54, 1.807) is 24.3 Å². The van der Waals surface area contributed by atoms with Gasteiger partial charge in [0.15, 0.2) is 6.73 Å². The van der Waals surface area contributed by atoms with Crippen LogP contribution in [0.4, 0.5) is 4.79 Å². The van der Waals surface area contributed by atoms with Gasteiger partial charge in [-0.2, -0.15) is 0 Å². The molecule has 2 aromatic carbocycles. The normalized spacial score (nSPS) is 10.5. The second-order valence-electron chi connectivity index (χ2n) is 5.28. The predicted octanol–water partition coefficient (Wildman–Crippen LogP) is 3.70. The molecule has 0 unspecified atom stereocenters. The molecule has 24 heavy (non-hydrogen) atoms. The van der Waals surface area contributed by atoms with Crippen LogP contribution in [0.5, 0.6) is 5.75 Å². The van der Waals surface area contributed by atoms with E-state index < -0.39 is 0 Å². The predicted molar refractivity (Wildman–Crippen MR) is 95.5 cm³/mol. The van der Waals surface area contributed by atoms with Crippen molar-refractivity contribution in [3.63, 3.8) is 0 Å². The number of benzene rings is 2. The Morgan fingerprint density at radius 1 is 1.08 bits per heavy atom. The molecule has 0 saturated heterocycles. The molecule has 0 atom stereocenters. The minimum absolute atomic E-state index is 0.0978. The highest BCUT2D eigenvalue weighted by Crippen LogP contribution is 2.17. The van der Waals surface area contributed by atoms with Crippen LogP contribution in [0.3, 0.4) is 0 Å². The number of para-hydroxylation sites is 1. The van der Waals surface area contributed by atoms with Gasteiger partial charge in [-0.15, -0.1) is 0 Å². The van der Waals surface area contributed by atoms with Crippen LogP contribution >= 0.6 is 11.6 Å². The number of carbonyl (C=O) groups excluding carboxylic acids is 1. The van der Waals surface area contributed by atoms with Gasteiger partial charge in [-0.3, -0.25) is 0 Å². The van der Waals surface area contributed by atoms with Crippen molar-refractivity contribution in [3.05, 3.63) is 65.3 Å². The summed E-state index contributed by atoms with van der Waals surface area (Å²) >= 11 is 5.79. The molecular formula is C18H18ClN3O2. The zero-order chi connectivity index (χ0) is 16.8. The Kier molecular flexibility index (Phi) is 5.23. The molecule has 0 bridgehead atoms. The maximum atomic E-state index is 11.7. The number of urea groups is 1. The number of ether oxygens (including phenoxy) is 1. The first kappa shape index (κ1) is 16.2. The Hall–Kier alpha value is -2.66. The molecule has 0 fully saturated rings. The van der Waals surface area contributed by atoms with Gasteiger partial charge in [-0.1, -0.05) is 29.8 Å². The molecule has 0 saturated carbocycles. The lowest BCUT2D eigenvalue weighted by molar-refractivity contribution is 0.224. The Morgan fingerprint density at radius 2 is 1.88 bits per heavy atom. The number of halogens is 1. The van der Waals surface area contributed by atoms with E-state index in [0.29, 0.717) is 17.3 Å². The molecule has 0 radical (unpaired) electrons. The van der Waals surface area contributed by atoms with Crippen LogP contribution < -0.4 is 15.4 Å². The summed E-state index contributed by atoms with van der Waals surface area (Å²) in [6, 6.07) is 14.8. The quantitative estimate of drug-likeness (QED) is 0.597. The molecule has 5 nitrogen and oxygen atoms in total. The number of carbonyl (C=O) groups is 1. The van der Waals surface area contributed by atoms with Gasteiger partial charge >= 0.3 is 6.03 Å². The Morgan fingerprint density at radius 3 is 2.71 bits per heavy atom. The first-order valence-electron chi connectivity index (χ1n) is 7.67. The van der Waals surface area contributed by atoms with Crippen molar-refractivity contribution in [1.82, 2.24) is 15.6 Å². The molecule has 6 heteroatoms.